The van der Waals surface area contributed by atoms with Crippen LogP contribution in [-0.4, -0.2) is 22.9 Å². The molecule has 0 aromatic rings. The second-order valence-electron chi connectivity index (χ2n) is 4.45. The van der Waals surface area contributed by atoms with Crippen LogP contribution in [0.2, 0.25) is 0 Å². The van der Waals surface area contributed by atoms with E-state index in [1.165, 1.54) is 32.1 Å². The number of allylic oxidation sites excluding steroid dienone is 1. The Morgan fingerprint density at radius 2 is 1.61 bits per heavy atom. The maximum Gasteiger partial charge on any atom is 0.0718 e. The molecule has 0 aromatic heterocycles. The molecule has 108 valence electrons. The van der Waals surface area contributed by atoms with Crippen molar-refractivity contribution in [3.8, 4) is 0 Å². The molecule has 18 heavy (non-hydrogen) atoms. The lowest BCUT2D eigenvalue weighted by atomic mass is 10.1. The summed E-state index contributed by atoms with van der Waals surface area (Å²) in [5.74, 6) is 0. The molecule has 0 aromatic carbocycles. The van der Waals surface area contributed by atoms with Gasteiger partial charge in [-0.3, -0.25) is 0 Å². The minimum absolute atomic E-state index is 0.187. The third-order valence-electron chi connectivity index (χ3n) is 2.62. The monoisotopic (exact) mass is 256 g/mol. The summed E-state index contributed by atoms with van der Waals surface area (Å²) in [5, 5.41) is 17.3. The van der Waals surface area contributed by atoms with Gasteiger partial charge in [0.25, 0.3) is 0 Å². The number of aliphatic hydroxyl groups excluding tert-OH is 2. The van der Waals surface area contributed by atoms with Crippen molar-refractivity contribution in [1.29, 1.82) is 0 Å². The SMILES string of the molecule is C=CC(O)CCCCC.CCCCCC=CCO. The number of hydrogen-bond acceptors (Lipinski definition) is 2. The highest BCUT2D eigenvalue weighted by Crippen LogP contribution is 2.02. The Morgan fingerprint density at radius 1 is 1.00 bits per heavy atom. The van der Waals surface area contributed by atoms with E-state index >= 15 is 0 Å². The molecule has 0 saturated heterocycles. The summed E-state index contributed by atoms with van der Waals surface area (Å²) in [6.07, 6.45) is 14.5. The fourth-order valence-corrected chi connectivity index (χ4v) is 1.43. The highest BCUT2D eigenvalue weighted by Gasteiger charge is 1.94. The van der Waals surface area contributed by atoms with Gasteiger partial charge in [-0.25, -0.2) is 0 Å². The van der Waals surface area contributed by atoms with Crippen LogP contribution in [0.25, 0.3) is 0 Å². The minimum atomic E-state index is -0.281. The lowest BCUT2D eigenvalue weighted by molar-refractivity contribution is 0.208. The summed E-state index contributed by atoms with van der Waals surface area (Å²) in [5.41, 5.74) is 0. The summed E-state index contributed by atoms with van der Waals surface area (Å²) in [7, 11) is 0. The molecule has 0 heterocycles. The van der Waals surface area contributed by atoms with Gasteiger partial charge in [0.1, 0.15) is 0 Å². The predicted octanol–water partition coefficient (Wildman–Crippen LogP) is 4.23. The molecule has 0 aliphatic carbocycles. The van der Waals surface area contributed by atoms with Gasteiger partial charge in [0.15, 0.2) is 0 Å². The summed E-state index contributed by atoms with van der Waals surface area (Å²) < 4.78 is 0. The predicted molar refractivity (Wildman–Crippen MR) is 80.7 cm³/mol. The van der Waals surface area contributed by atoms with E-state index in [1.54, 1.807) is 12.2 Å². The van der Waals surface area contributed by atoms with Crippen LogP contribution in [0.3, 0.4) is 0 Å². The zero-order chi connectivity index (χ0) is 14.1. The highest BCUT2D eigenvalue weighted by atomic mass is 16.3. The molecule has 0 aliphatic rings. The van der Waals surface area contributed by atoms with Gasteiger partial charge in [-0.2, -0.15) is 0 Å². The molecular formula is C16H32O2. The zero-order valence-electron chi connectivity index (χ0n) is 12.3. The molecule has 0 saturated carbocycles. The minimum Gasteiger partial charge on any atom is -0.392 e. The van der Waals surface area contributed by atoms with Crippen LogP contribution in [0.4, 0.5) is 0 Å². The Morgan fingerprint density at radius 3 is 2.11 bits per heavy atom. The van der Waals surface area contributed by atoms with Gasteiger partial charge in [-0.1, -0.05) is 64.2 Å². The molecule has 1 unspecified atom stereocenters. The van der Waals surface area contributed by atoms with Crippen molar-refractivity contribution in [2.75, 3.05) is 6.61 Å². The molecule has 0 radical (unpaired) electrons. The molecule has 0 spiro atoms. The van der Waals surface area contributed by atoms with Gasteiger partial charge >= 0.3 is 0 Å². The summed E-state index contributed by atoms with van der Waals surface area (Å²) in [4.78, 5) is 0. The molecule has 2 N–H and O–H groups in total. The molecule has 0 bridgehead atoms. The number of rotatable bonds is 10. The Bertz CT molecular complexity index is 176. The molecule has 0 amide bonds. The van der Waals surface area contributed by atoms with Crippen molar-refractivity contribution in [3.63, 3.8) is 0 Å². The number of hydrogen-bond donors (Lipinski definition) is 2. The third-order valence-corrected chi connectivity index (χ3v) is 2.62. The zero-order valence-corrected chi connectivity index (χ0v) is 12.3. The van der Waals surface area contributed by atoms with Gasteiger partial charge < -0.3 is 10.2 Å². The third kappa shape index (κ3) is 20.8. The van der Waals surface area contributed by atoms with E-state index in [9.17, 15) is 0 Å². The van der Waals surface area contributed by atoms with Gasteiger partial charge in [0, 0.05) is 0 Å². The van der Waals surface area contributed by atoms with Gasteiger partial charge in [0.05, 0.1) is 12.7 Å². The van der Waals surface area contributed by atoms with E-state index in [0.29, 0.717) is 0 Å². The quantitative estimate of drug-likeness (QED) is 0.453. The topological polar surface area (TPSA) is 40.5 Å². The molecule has 2 nitrogen and oxygen atoms in total. The summed E-state index contributed by atoms with van der Waals surface area (Å²) in [6, 6.07) is 0. The van der Waals surface area contributed by atoms with E-state index in [1.807, 2.05) is 6.08 Å². The average molecular weight is 256 g/mol. The van der Waals surface area contributed by atoms with E-state index in [0.717, 1.165) is 19.3 Å². The van der Waals surface area contributed by atoms with Crippen molar-refractivity contribution in [1.82, 2.24) is 0 Å². The van der Waals surface area contributed by atoms with Crippen LogP contribution in [-0.2, 0) is 0 Å². The van der Waals surface area contributed by atoms with Crippen molar-refractivity contribution in [3.05, 3.63) is 24.8 Å². The van der Waals surface area contributed by atoms with E-state index in [2.05, 4.69) is 20.4 Å². The van der Waals surface area contributed by atoms with Gasteiger partial charge in [-0.05, 0) is 19.3 Å². The Balaban J connectivity index is 0. The van der Waals surface area contributed by atoms with E-state index in [-0.39, 0.29) is 12.7 Å². The lowest BCUT2D eigenvalue weighted by Crippen LogP contribution is -1.99. The first-order valence-electron chi connectivity index (χ1n) is 7.29. The molecule has 0 fully saturated rings. The Labute approximate surface area is 113 Å². The molecule has 1 atom stereocenters. The maximum atomic E-state index is 8.97. The number of unbranched alkanes of at least 4 members (excludes halogenated alkanes) is 5. The largest absolute Gasteiger partial charge is 0.392 e. The second kappa shape index (κ2) is 18.8. The Hall–Kier alpha value is -0.600. The van der Waals surface area contributed by atoms with Crippen LogP contribution < -0.4 is 0 Å². The molecule has 0 rings (SSSR count). The molecular weight excluding hydrogens is 224 g/mol. The maximum absolute atomic E-state index is 8.97. The average Bonchev–Trinajstić information content (AvgIpc) is 2.39. The van der Waals surface area contributed by atoms with E-state index in [4.69, 9.17) is 10.2 Å². The smallest absolute Gasteiger partial charge is 0.0718 e. The van der Waals surface area contributed by atoms with Gasteiger partial charge in [-0.15, -0.1) is 6.58 Å². The summed E-state index contributed by atoms with van der Waals surface area (Å²) >= 11 is 0. The van der Waals surface area contributed by atoms with Crippen LogP contribution in [0.5, 0.6) is 0 Å². The Kier molecular flexibility index (Phi) is 20.6. The van der Waals surface area contributed by atoms with Gasteiger partial charge in [0.2, 0.25) is 0 Å². The van der Waals surface area contributed by atoms with Crippen LogP contribution in [0, 0.1) is 0 Å². The van der Waals surface area contributed by atoms with Crippen molar-refractivity contribution >= 4 is 0 Å². The first kappa shape index (κ1) is 19.7. The standard InChI is InChI=1S/2C8H16O/c1-3-5-6-7-8(9)4-2;1-2-3-4-5-6-7-8-9/h4,8-9H,2-3,5-7H2,1H3;6-7,9H,2-5,8H2,1H3. The molecule has 2 heteroatoms. The normalized spacial score (nSPS) is 12.0. The first-order valence-corrected chi connectivity index (χ1v) is 7.29. The van der Waals surface area contributed by atoms with Crippen LogP contribution in [0.1, 0.15) is 65.2 Å². The number of aliphatic hydroxyl groups is 2. The first-order chi connectivity index (χ1) is 8.72. The highest BCUT2D eigenvalue weighted by molar-refractivity contribution is 4.80. The van der Waals surface area contributed by atoms with Crippen molar-refractivity contribution in [2.24, 2.45) is 0 Å². The fourth-order valence-electron chi connectivity index (χ4n) is 1.43. The van der Waals surface area contributed by atoms with Crippen LogP contribution >= 0.6 is 0 Å². The van der Waals surface area contributed by atoms with Crippen LogP contribution in [0.15, 0.2) is 24.8 Å². The van der Waals surface area contributed by atoms with Crippen molar-refractivity contribution in [2.45, 2.75) is 71.3 Å². The second-order valence-corrected chi connectivity index (χ2v) is 4.45. The van der Waals surface area contributed by atoms with E-state index < -0.39 is 0 Å². The molecule has 0 aliphatic heterocycles. The summed E-state index contributed by atoms with van der Waals surface area (Å²) in [6.45, 7) is 8.02. The lowest BCUT2D eigenvalue weighted by Gasteiger charge is -2.01. The fraction of sp³-hybridized carbons (Fsp3) is 0.750. The van der Waals surface area contributed by atoms with Crippen molar-refractivity contribution < 1.29 is 10.2 Å².